The van der Waals surface area contributed by atoms with Gasteiger partial charge in [0.05, 0.1) is 19.0 Å². The molecule has 4 aromatic rings. The van der Waals surface area contributed by atoms with Crippen molar-refractivity contribution in [3.63, 3.8) is 0 Å². The maximum atomic E-state index is 15.0. The summed E-state index contributed by atoms with van der Waals surface area (Å²) in [6, 6.07) is 15.8. The van der Waals surface area contributed by atoms with Gasteiger partial charge in [0.15, 0.2) is 5.65 Å². The van der Waals surface area contributed by atoms with E-state index in [4.69, 9.17) is 0 Å². The molecule has 2 aliphatic rings. The van der Waals surface area contributed by atoms with Crippen LogP contribution in [0, 0.1) is 5.82 Å². The van der Waals surface area contributed by atoms with Crippen LogP contribution in [0.1, 0.15) is 53.5 Å². The van der Waals surface area contributed by atoms with Gasteiger partial charge >= 0.3 is 5.69 Å². The predicted molar refractivity (Wildman–Crippen MR) is 139 cm³/mol. The van der Waals surface area contributed by atoms with Gasteiger partial charge < -0.3 is 10.2 Å². The van der Waals surface area contributed by atoms with Gasteiger partial charge in [-0.25, -0.2) is 18.7 Å². The van der Waals surface area contributed by atoms with E-state index in [2.05, 4.69) is 15.5 Å². The molecule has 200 valence electrons. The lowest BCUT2D eigenvalue weighted by molar-refractivity contribution is -0.138. The van der Waals surface area contributed by atoms with Crippen molar-refractivity contribution in [2.45, 2.75) is 49.9 Å². The number of halogens is 2. The fourth-order valence-corrected chi connectivity index (χ4v) is 5.39. The van der Waals surface area contributed by atoms with Gasteiger partial charge in [-0.15, -0.1) is 0 Å². The highest BCUT2D eigenvalue weighted by molar-refractivity contribution is 5.90. The van der Waals surface area contributed by atoms with Gasteiger partial charge in [0.1, 0.15) is 18.0 Å². The Morgan fingerprint density at radius 2 is 1.87 bits per heavy atom. The number of aromatic amines is 1. The fraction of sp³-hybridized carbons (Fsp3) is 0.310. The smallest absolute Gasteiger partial charge is 0.343 e. The Morgan fingerprint density at radius 1 is 1.08 bits per heavy atom. The minimum atomic E-state index is -1.36. The van der Waals surface area contributed by atoms with Gasteiger partial charge in [-0.2, -0.15) is 5.10 Å². The van der Waals surface area contributed by atoms with Crippen molar-refractivity contribution in [3.05, 3.63) is 105 Å². The Hall–Kier alpha value is -4.34. The highest BCUT2D eigenvalue weighted by Gasteiger charge is 2.40. The van der Waals surface area contributed by atoms with E-state index in [-0.39, 0.29) is 31.1 Å². The first-order valence-corrected chi connectivity index (χ1v) is 13.0. The van der Waals surface area contributed by atoms with Crippen LogP contribution in [0.4, 0.5) is 8.78 Å². The first-order valence-electron chi connectivity index (χ1n) is 13.0. The van der Waals surface area contributed by atoms with E-state index >= 15 is 0 Å². The highest BCUT2D eigenvalue weighted by Crippen LogP contribution is 2.42. The Morgan fingerprint density at radius 3 is 2.62 bits per heavy atom. The number of pyridine rings is 1. The lowest BCUT2D eigenvalue weighted by Crippen LogP contribution is -2.47. The lowest BCUT2D eigenvalue weighted by atomic mass is 9.96. The normalized spacial score (nSPS) is 19.8. The number of carbonyl (C=O) groups excluding carboxylic acids is 2. The molecular weight excluding hydrogens is 504 g/mol. The molecule has 3 heterocycles. The van der Waals surface area contributed by atoms with Crippen LogP contribution in [-0.4, -0.2) is 50.1 Å². The molecule has 0 spiro atoms. The fourth-order valence-electron chi connectivity index (χ4n) is 5.39. The predicted octanol–water partition coefficient (Wildman–Crippen LogP) is 3.43. The van der Waals surface area contributed by atoms with Crippen LogP contribution in [0.3, 0.4) is 0 Å². The minimum absolute atomic E-state index is 0.139. The molecule has 2 aromatic carbocycles. The number of nitrogens with one attached hydrogen (secondary N) is 2. The summed E-state index contributed by atoms with van der Waals surface area (Å²) in [4.78, 5) is 40.0. The minimum Gasteiger partial charge on any atom is -0.343 e. The van der Waals surface area contributed by atoms with E-state index in [0.717, 1.165) is 18.4 Å². The second-order valence-electron chi connectivity index (χ2n) is 10.2. The standard InChI is InChI=1S/C29H27F2N5O3/c30-21-15-24(36(16-21)25(37)14-20-7-4-12-35-27(20)33-34-29(35)39)28(38)32-26(18-5-2-1-3-6-18)19-10-11-22(17-8-9-17)23(31)13-19/h1-7,10-13,17,21,24,26H,8-9,14-16H2,(H,32,38)(H,34,39). The number of alkyl halides is 1. The van der Waals surface area contributed by atoms with E-state index in [0.29, 0.717) is 22.3 Å². The second-order valence-corrected chi connectivity index (χ2v) is 10.2. The highest BCUT2D eigenvalue weighted by atomic mass is 19.1. The van der Waals surface area contributed by atoms with Gasteiger partial charge in [0.2, 0.25) is 11.8 Å². The third kappa shape index (κ3) is 4.94. The molecule has 0 bridgehead atoms. The van der Waals surface area contributed by atoms with Gasteiger partial charge in [-0.05, 0) is 47.6 Å². The van der Waals surface area contributed by atoms with Crippen molar-refractivity contribution >= 4 is 17.5 Å². The van der Waals surface area contributed by atoms with Gasteiger partial charge in [-0.3, -0.25) is 14.0 Å². The van der Waals surface area contributed by atoms with Crippen molar-refractivity contribution in [2.24, 2.45) is 0 Å². The number of fused-ring (bicyclic) bond motifs is 1. The molecule has 2 amide bonds. The third-order valence-electron chi connectivity index (χ3n) is 7.53. The number of hydrogen-bond donors (Lipinski definition) is 2. The molecule has 10 heteroatoms. The monoisotopic (exact) mass is 531 g/mol. The maximum Gasteiger partial charge on any atom is 0.347 e. The van der Waals surface area contributed by atoms with Crippen molar-refractivity contribution in [1.29, 1.82) is 0 Å². The molecule has 3 atom stereocenters. The van der Waals surface area contributed by atoms with E-state index in [1.807, 2.05) is 36.4 Å². The zero-order chi connectivity index (χ0) is 27.1. The van der Waals surface area contributed by atoms with Crippen molar-refractivity contribution in [1.82, 2.24) is 24.8 Å². The molecular formula is C29H27F2N5O3. The first kappa shape index (κ1) is 25.0. The third-order valence-corrected chi connectivity index (χ3v) is 7.53. The van der Waals surface area contributed by atoms with Crippen LogP contribution in [0.2, 0.25) is 0 Å². The molecule has 1 saturated carbocycles. The number of H-pyrrole nitrogens is 1. The van der Waals surface area contributed by atoms with Gasteiger partial charge in [0, 0.05) is 18.2 Å². The summed E-state index contributed by atoms with van der Waals surface area (Å²) in [5, 5.41) is 9.27. The van der Waals surface area contributed by atoms with Crippen LogP contribution in [-0.2, 0) is 16.0 Å². The molecule has 1 aliphatic carbocycles. The number of rotatable bonds is 7. The first-order chi connectivity index (χ1) is 18.9. The van der Waals surface area contributed by atoms with E-state index < -0.39 is 35.8 Å². The Labute approximate surface area is 222 Å². The van der Waals surface area contributed by atoms with Gasteiger partial charge in [-0.1, -0.05) is 48.5 Å². The molecule has 1 aliphatic heterocycles. The summed E-state index contributed by atoms with van der Waals surface area (Å²) in [6.45, 7) is -0.214. The summed E-state index contributed by atoms with van der Waals surface area (Å²) < 4.78 is 30.9. The zero-order valence-electron chi connectivity index (χ0n) is 21.0. The number of benzene rings is 2. The van der Waals surface area contributed by atoms with E-state index in [9.17, 15) is 23.2 Å². The number of likely N-dealkylation sites (tertiary alicyclic amines) is 1. The molecule has 2 N–H and O–H groups in total. The van der Waals surface area contributed by atoms with Crippen molar-refractivity contribution in [2.75, 3.05) is 6.54 Å². The topological polar surface area (TPSA) is 99.6 Å². The molecule has 3 unspecified atom stereocenters. The Bertz CT molecular complexity index is 1600. The maximum absolute atomic E-state index is 15.0. The van der Waals surface area contributed by atoms with E-state index in [1.54, 1.807) is 18.2 Å². The second kappa shape index (κ2) is 10.1. The van der Waals surface area contributed by atoms with Gasteiger partial charge in [0.25, 0.3) is 0 Å². The van der Waals surface area contributed by atoms with Crippen LogP contribution in [0.25, 0.3) is 5.65 Å². The van der Waals surface area contributed by atoms with E-state index in [1.165, 1.54) is 21.6 Å². The summed E-state index contributed by atoms with van der Waals surface area (Å²) in [7, 11) is 0. The molecule has 1 saturated heterocycles. The number of amides is 2. The van der Waals surface area contributed by atoms with Crippen LogP contribution in [0.5, 0.6) is 0 Å². The molecule has 39 heavy (non-hydrogen) atoms. The molecule has 2 aromatic heterocycles. The summed E-state index contributed by atoms with van der Waals surface area (Å²) in [6.07, 6.45) is 1.82. The molecule has 6 rings (SSSR count). The van der Waals surface area contributed by atoms with Crippen LogP contribution >= 0.6 is 0 Å². The lowest BCUT2D eigenvalue weighted by Gasteiger charge is -2.27. The van der Waals surface area contributed by atoms with Crippen molar-refractivity contribution in [3.8, 4) is 0 Å². The summed E-state index contributed by atoms with van der Waals surface area (Å²) in [5.74, 6) is -1.03. The summed E-state index contributed by atoms with van der Waals surface area (Å²) >= 11 is 0. The average Bonchev–Trinajstić information content (AvgIpc) is 3.59. The average molecular weight is 532 g/mol. The largest absolute Gasteiger partial charge is 0.347 e. The quantitative estimate of drug-likeness (QED) is 0.382. The number of aromatic nitrogens is 3. The molecule has 8 nitrogen and oxygen atoms in total. The Kier molecular flexibility index (Phi) is 6.46. The number of nitrogens with zero attached hydrogens (tertiary/aromatic N) is 3. The molecule has 0 radical (unpaired) electrons. The number of hydrogen-bond acceptors (Lipinski definition) is 4. The van der Waals surface area contributed by atoms with Crippen LogP contribution in [0.15, 0.2) is 71.7 Å². The molecule has 2 fully saturated rings. The van der Waals surface area contributed by atoms with Crippen molar-refractivity contribution < 1.29 is 18.4 Å². The summed E-state index contributed by atoms with van der Waals surface area (Å²) in [5.41, 5.74) is 2.34. The SMILES string of the molecule is O=C(NC(c1ccccc1)c1ccc(C2CC2)c(F)c1)C1CC(F)CN1C(=O)Cc1cccn2c(=O)[nH]nc12. The van der Waals surface area contributed by atoms with Crippen LogP contribution < -0.4 is 11.0 Å². The zero-order valence-corrected chi connectivity index (χ0v) is 21.0. The number of carbonyl (C=O) groups is 2. The Balaban J connectivity index is 1.25.